The lowest BCUT2D eigenvalue weighted by Gasteiger charge is -2.37. The van der Waals surface area contributed by atoms with Crippen LogP contribution in [0, 0.1) is 0 Å². The minimum atomic E-state index is -0.912. The first kappa shape index (κ1) is 16.3. The molecule has 0 aliphatic heterocycles. The summed E-state index contributed by atoms with van der Waals surface area (Å²) >= 11 is 0. The van der Waals surface area contributed by atoms with E-state index < -0.39 is 11.5 Å². The Balaban J connectivity index is 2.54. The molecule has 20 heavy (non-hydrogen) atoms. The van der Waals surface area contributed by atoms with Gasteiger partial charge in [0.15, 0.2) is 0 Å². The molecule has 1 fully saturated rings. The normalized spacial score (nSPS) is 17.1. The molecule has 1 saturated carbocycles. The van der Waals surface area contributed by atoms with E-state index in [0.717, 1.165) is 19.3 Å². The second-order valence-electron chi connectivity index (χ2n) is 5.51. The van der Waals surface area contributed by atoms with Crippen LogP contribution in [0.3, 0.4) is 0 Å². The van der Waals surface area contributed by atoms with E-state index >= 15 is 0 Å². The van der Waals surface area contributed by atoms with Crippen LogP contribution in [-0.4, -0.2) is 54.1 Å². The van der Waals surface area contributed by atoms with Crippen molar-refractivity contribution in [1.82, 2.24) is 15.5 Å². The number of rotatable bonds is 5. The summed E-state index contributed by atoms with van der Waals surface area (Å²) in [7, 11) is 3.17. The number of aliphatic carboxylic acids is 1. The van der Waals surface area contributed by atoms with E-state index in [1.165, 1.54) is 4.90 Å². The maximum atomic E-state index is 11.9. The van der Waals surface area contributed by atoms with Crippen LogP contribution in [0.4, 0.5) is 4.79 Å². The van der Waals surface area contributed by atoms with Gasteiger partial charge in [-0.15, -0.1) is 0 Å². The van der Waals surface area contributed by atoms with Gasteiger partial charge in [0.25, 0.3) is 0 Å². The number of carboxylic acid groups (broad SMARTS) is 1. The van der Waals surface area contributed by atoms with Gasteiger partial charge in [-0.05, 0) is 12.8 Å². The zero-order valence-corrected chi connectivity index (χ0v) is 12.1. The highest BCUT2D eigenvalue weighted by Gasteiger charge is 2.35. The maximum absolute atomic E-state index is 11.9. The molecule has 7 heteroatoms. The fraction of sp³-hybridized carbons (Fsp3) is 0.769. The number of carbonyl (C=O) groups is 3. The summed E-state index contributed by atoms with van der Waals surface area (Å²) in [6.45, 7) is -0.140. The number of hydrogen-bond acceptors (Lipinski definition) is 3. The molecule has 0 unspecified atom stereocenters. The highest BCUT2D eigenvalue weighted by Crippen LogP contribution is 2.31. The second-order valence-corrected chi connectivity index (χ2v) is 5.51. The third kappa shape index (κ3) is 5.07. The van der Waals surface area contributed by atoms with Gasteiger partial charge >= 0.3 is 12.0 Å². The number of carbonyl (C=O) groups excluding carboxylic acids is 2. The van der Waals surface area contributed by atoms with E-state index in [-0.39, 0.29) is 24.9 Å². The van der Waals surface area contributed by atoms with Crippen LogP contribution in [0.25, 0.3) is 0 Å². The van der Waals surface area contributed by atoms with E-state index in [0.29, 0.717) is 12.8 Å². The summed E-state index contributed by atoms with van der Waals surface area (Å²) in [5, 5.41) is 14.3. The van der Waals surface area contributed by atoms with Crippen LogP contribution in [0.15, 0.2) is 0 Å². The van der Waals surface area contributed by atoms with Crippen molar-refractivity contribution in [1.29, 1.82) is 0 Å². The molecule has 0 aromatic carbocycles. The van der Waals surface area contributed by atoms with Crippen molar-refractivity contribution >= 4 is 17.9 Å². The highest BCUT2D eigenvalue weighted by atomic mass is 16.4. The lowest BCUT2D eigenvalue weighted by molar-refractivity contribution is -0.139. The van der Waals surface area contributed by atoms with E-state index in [9.17, 15) is 14.4 Å². The van der Waals surface area contributed by atoms with E-state index in [1.807, 2.05) is 0 Å². The van der Waals surface area contributed by atoms with Crippen molar-refractivity contribution < 1.29 is 19.5 Å². The Morgan fingerprint density at radius 2 is 1.75 bits per heavy atom. The predicted octanol–water partition coefficient (Wildman–Crippen LogP) is 0.551. The van der Waals surface area contributed by atoms with Gasteiger partial charge in [0, 0.05) is 14.1 Å². The number of hydrogen-bond donors (Lipinski definition) is 3. The van der Waals surface area contributed by atoms with Crippen LogP contribution in [-0.2, 0) is 9.59 Å². The fourth-order valence-corrected chi connectivity index (χ4v) is 2.52. The summed E-state index contributed by atoms with van der Waals surface area (Å²) < 4.78 is 0. The first-order chi connectivity index (χ1) is 9.34. The average molecular weight is 285 g/mol. The topological polar surface area (TPSA) is 98.7 Å². The van der Waals surface area contributed by atoms with Crippen LogP contribution in [0.1, 0.15) is 38.5 Å². The van der Waals surface area contributed by atoms with Crippen molar-refractivity contribution in [2.24, 2.45) is 0 Å². The summed E-state index contributed by atoms with van der Waals surface area (Å²) in [5.74, 6) is -1.26. The van der Waals surface area contributed by atoms with E-state index in [4.69, 9.17) is 5.11 Å². The largest absolute Gasteiger partial charge is 0.481 e. The fourth-order valence-electron chi connectivity index (χ4n) is 2.52. The third-order valence-corrected chi connectivity index (χ3v) is 3.51. The minimum absolute atomic E-state index is 0.0691. The van der Waals surface area contributed by atoms with Crippen molar-refractivity contribution in [3.05, 3.63) is 0 Å². The number of nitrogens with zero attached hydrogens (tertiary/aromatic N) is 1. The Kier molecular flexibility index (Phi) is 5.79. The van der Waals surface area contributed by atoms with E-state index in [2.05, 4.69) is 10.6 Å². The van der Waals surface area contributed by atoms with Crippen LogP contribution in [0.2, 0.25) is 0 Å². The Morgan fingerprint density at radius 3 is 2.25 bits per heavy atom. The van der Waals surface area contributed by atoms with Crippen molar-refractivity contribution in [3.63, 3.8) is 0 Å². The van der Waals surface area contributed by atoms with Gasteiger partial charge in [0.2, 0.25) is 5.91 Å². The monoisotopic (exact) mass is 285 g/mol. The second kappa shape index (κ2) is 7.12. The molecule has 3 amide bonds. The van der Waals surface area contributed by atoms with Crippen LogP contribution < -0.4 is 10.6 Å². The molecule has 1 rings (SSSR count). The van der Waals surface area contributed by atoms with Gasteiger partial charge in [-0.2, -0.15) is 0 Å². The van der Waals surface area contributed by atoms with Gasteiger partial charge in [-0.1, -0.05) is 19.3 Å². The molecular formula is C13H23N3O4. The number of nitrogens with one attached hydrogen (secondary N) is 2. The zero-order valence-electron chi connectivity index (χ0n) is 12.1. The first-order valence-electron chi connectivity index (χ1n) is 6.83. The summed E-state index contributed by atoms with van der Waals surface area (Å²) in [6, 6.07) is -0.351. The Labute approximate surface area is 118 Å². The molecule has 3 N–H and O–H groups in total. The predicted molar refractivity (Wildman–Crippen MR) is 73.3 cm³/mol. The van der Waals surface area contributed by atoms with Gasteiger partial charge in [0.05, 0.1) is 18.5 Å². The third-order valence-electron chi connectivity index (χ3n) is 3.51. The SMILES string of the molecule is CN(C)C(=O)NCC(=O)NC1(CC(=O)O)CCCCC1. The van der Waals surface area contributed by atoms with Gasteiger partial charge in [-0.3, -0.25) is 9.59 Å². The van der Waals surface area contributed by atoms with Crippen molar-refractivity contribution in [3.8, 4) is 0 Å². The zero-order chi connectivity index (χ0) is 15.2. The molecule has 0 saturated heterocycles. The van der Waals surface area contributed by atoms with Crippen LogP contribution in [0.5, 0.6) is 0 Å². The molecule has 0 spiro atoms. The van der Waals surface area contributed by atoms with E-state index in [1.54, 1.807) is 14.1 Å². The van der Waals surface area contributed by atoms with Crippen LogP contribution >= 0.6 is 0 Å². The lowest BCUT2D eigenvalue weighted by atomic mass is 9.79. The molecule has 114 valence electrons. The lowest BCUT2D eigenvalue weighted by Crippen LogP contribution is -2.54. The maximum Gasteiger partial charge on any atom is 0.317 e. The summed E-state index contributed by atoms with van der Waals surface area (Å²) in [5.41, 5.74) is -0.663. The molecule has 0 heterocycles. The average Bonchev–Trinajstić information content (AvgIpc) is 2.35. The Hall–Kier alpha value is -1.79. The highest BCUT2D eigenvalue weighted by molar-refractivity contribution is 5.84. The van der Waals surface area contributed by atoms with Crippen molar-refractivity contribution in [2.45, 2.75) is 44.1 Å². The molecule has 7 nitrogen and oxygen atoms in total. The molecule has 0 atom stereocenters. The number of urea groups is 1. The molecule has 1 aliphatic rings. The number of carboxylic acids is 1. The van der Waals surface area contributed by atoms with Gasteiger partial charge < -0.3 is 20.6 Å². The standard InChI is InChI=1S/C13H23N3O4/c1-16(2)12(20)14-9-10(17)15-13(8-11(18)19)6-4-3-5-7-13/h3-9H2,1-2H3,(H,14,20)(H,15,17)(H,18,19). The Morgan fingerprint density at radius 1 is 1.15 bits per heavy atom. The summed E-state index contributed by atoms with van der Waals surface area (Å²) in [4.78, 5) is 35.5. The molecule has 0 aromatic heterocycles. The quantitative estimate of drug-likeness (QED) is 0.687. The Bertz CT molecular complexity index is 376. The van der Waals surface area contributed by atoms with Gasteiger partial charge in [0.1, 0.15) is 0 Å². The smallest absolute Gasteiger partial charge is 0.317 e. The molecule has 0 aromatic rings. The molecular weight excluding hydrogens is 262 g/mol. The number of amides is 3. The minimum Gasteiger partial charge on any atom is -0.481 e. The molecule has 0 bridgehead atoms. The first-order valence-corrected chi connectivity index (χ1v) is 6.83. The summed E-state index contributed by atoms with van der Waals surface area (Å²) in [6.07, 6.45) is 4.17. The van der Waals surface area contributed by atoms with Crippen molar-refractivity contribution in [2.75, 3.05) is 20.6 Å². The molecule has 0 radical (unpaired) electrons. The van der Waals surface area contributed by atoms with Gasteiger partial charge in [-0.25, -0.2) is 4.79 Å². The molecule has 1 aliphatic carbocycles.